The Labute approximate surface area is 193 Å². The van der Waals surface area contributed by atoms with Gasteiger partial charge in [-0.25, -0.2) is 0 Å². The molecule has 1 fully saturated rings. The maximum Gasteiger partial charge on any atom is 0.306 e. The number of hydrogen-bond acceptors (Lipinski definition) is 5. The molecule has 1 aliphatic carbocycles. The summed E-state index contributed by atoms with van der Waals surface area (Å²) < 4.78 is 10.8. The van der Waals surface area contributed by atoms with Gasteiger partial charge in [0.25, 0.3) is 0 Å². The first-order chi connectivity index (χ1) is 15.4. The van der Waals surface area contributed by atoms with E-state index in [-0.39, 0.29) is 30.0 Å². The fourth-order valence-electron chi connectivity index (χ4n) is 4.32. The minimum Gasteiger partial charge on any atom is -0.463 e. The van der Waals surface area contributed by atoms with Gasteiger partial charge in [-0.1, -0.05) is 54.6 Å². The molecule has 1 aromatic rings. The molecule has 1 saturated carbocycles. The van der Waals surface area contributed by atoms with Crippen LogP contribution in [0.5, 0.6) is 0 Å². The highest BCUT2D eigenvalue weighted by molar-refractivity contribution is 5.69. The maximum absolute atomic E-state index is 11.6. The fraction of sp³-hybridized carbons (Fsp3) is 0.593. The Morgan fingerprint density at radius 3 is 2.66 bits per heavy atom. The largest absolute Gasteiger partial charge is 0.463 e. The number of carbonyl (C=O) groups excluding carboxylic acids is 1. The van der Waals surface area contributed by atoms with Crippen molar-refractivity contribution in [3.05, 3.63) is 60.2 Å². The quantitative estimate of drug-likeness (QED) is 0.264. The van der Waals surface area contributed by atoms with Gasteiger partial charge >= 0.3 is 5.97 Å². The zero-order valence-corrected chi connectivity index (χ0v) is 19.7. The molecule has 0 radical (unpaired) electrons. The normalized spacial score (nSPS) is 24.6. The molecule has 0 aliphatic heterocycles. The van der Waals surface area contributed by atoms with Crippen molar-refractivity contribution in [2.75, 3.05) is 7.11 Å². The van der Waals surface area contributed by atoms with Gasteiger partial charge in [-0.15, -0.1) is 0 Å². The Kier molecular flexibility index (Phi) is 11.7. The number of hydrogen-bond donors (Lipinski definition) is 2. The van der Waals surface area contributed by atoms with Crippen LogP contribution in [0.1, 0.15) is 57.9 Å². The lowest BCUT2D eigenvalue weighted by Crippen LogP contribution is -2.21. The molecule has 2 rings (SSSR count). The molecule has 5 heteroatoms. The SMILES string of the molecule is CO[C@H]1C[C@@H](O)[C@H](/C=C/[C@@H](O)CCc2ccccc2)[C@H]1C/C=C\CCCC(=O)OC(C)C. The lowest BCUT2D eigenvalue weighted by molar-refractivity contribution is -0.147. The van der Waals surface area contributed by atoms with Crippen molar-refractivity contribution in [2.24, 2.45) is 11.8 Å². The first-order valence-corrected chi connectivity index (χ1v) is 11.9. The second-order valence-electron chi connectivity index (χ2n) is 8.93. The number of unbranched alkanes of at least 4 members (excludes halogenated alkanes) is 1. The molecule has 1 aromatic carbocycles. The van der Waals surface area contributed by atoms with Crippen molar-refractivity contribution >= 4 is 5.97 Å². The Balaban J connectivity index is 1.81. The van der Waals surface area contributed by atoms with Crippen LogP contribution in [0.3, 0.4) is 0 Å². The summed E-state index contributed by atoms with van der Waals surface area (Å²) in [5.41, 5.74) is 1.21. The number of rotatable bonds is 13. The van der Waals surface area contributed by atoms with Gasteiger partial charge in [-0.3, -0.25) is 4.79 Å². The van der Waals surface area contributed by atoms with Crippen LogP contribution in [0.25, 0.3) is 0 Å². The van der Waals surface area contributed by atoms with Crippen LogP contribution in [0.2, 0.25) is 0 Å². The molecule has 0 aromatic heterocycles. The maximum atomic E-state index is 11.6. The molecule has 1 aliphatic rings. The van der Waals surface area contributed by atoms with Crippen LogP contribution in [0, 0.1) is 11.8 Å². The van der Waals surface area contributed by atoms with E-state index < -0.39 is 12.2 Å². The van der Waals surface area contributed by atoms with Crippen molar-refractivity contribution in [2.45, 2.75) is 83.2 Å². The first kappa shape index (κ1) is 26.3. The minimum absolute atomic E-state index is 0.00761. The molecule has 2 N–H and O–H groups in total. The number of aryl methyl sites for hydroxylation is 1. The summed E-state index contributed by atoms with van der Waals surface area (Å²) in [5, 5.41) is 21.0. The number of esters is 1. The molecule has 5 atom stereocenters. The summed E-state index contributed by atoms with van der Waals surface area (Å²) in [5.74, 6) is -0.0329. The first-order valence-electron chi connectivity index (χ1n) is 11.9. The molecular formula is C27H40O5. The van der Waals surface area contributed by atoms with Gasteiger partial charge in [0.05, 0.1) is 24.4 Å². The summed E-state index contributed by atoms with van der Waals surface area (Å²) in [7, 11) is 1.69. The zero-order chi connectivity index (χ0) is 23.3. The van der Waals surface area contributed by atoms with E-state index >= 15 is 0 Å². The summed E-state index contributed by atoms with van der Waals surface area (Å²) >= 11 is 0. The second-order valence-corrected chi connectivity index (χ2v) is 8.93. The van der Waals surface area contributed by atoms with E-state index in [9.17, 15) is 15.0 Å². The van der Waals surface area contributed by atoms with Crippen LogP contribution in [0.4, 0.5) is 0 Å². The highest BCUT2D eigenvalue weighted by Crippen LogP contribution is 2.38. The molecule has 0 heterocycles. The van der Waals surface area contributed by atoms with E-state index in [1.54, 1.807) is 7.11 Å². The van der Waals surface area contributed by atoms with Gasteiger partial charge in [0, 0.05) is 25.9 Å². The average molecular weight is 445 g/mol. The number of carbonyl (C=O) groups is 1. The Hall–Kier alpha value is -1.95. The number of benzene rings is 1. The molecule has 0 unspecified atom stereocenters. The fourth-order valence-corrected chi connectivity index (χ4v) is 4.32. The Bertz CT molecular complexity index is 712. The van der Waals surface area contributed by atoms with Crippen LogP contribution in [-0.2, 0) is 20.7 Å². The van der Waals surface area contributed by atoms with E-state index in [2.05, 4.69) is 24.3 Å². The third-order valence-corrected chi connectivity index (χ3v) is 6.01. The van der Waals surface area contributed by atoms with Gasteiger partial charge in [0.1, 0.15) is 0 Å². The number of allylic oxidation sites excluding steroid dienone is 2. The molecule has 5 nitrogen and oxygen atoms in total. The van der Waals surface area contributed by atoms with Gasteiger partial charge in [0.15, 0.2) is 0 Å². The predicted octanol–water partition coefficient (Wildman–Crippen LogP) is 4.62. The monoisotopic (exact) mass is 444 g/mol. The molecule has 0 bridgehead atoms. The van der Waals surface area contributed by atoms with Crippen molar-refractivity contribution in [1.82, 2.24) is 0 Å². The lowest BCUT2D eigenvalue weighted by Gasteiger charge is -2.21. The van der Waals surface area contributed by atoms with E-state index in [1.165, 1.54) is 5.56 Å². The molecule has 32 heavy (non-hydrogen) atoms. The third kappa shape index (κ3) is 9.27. The Morgan fingerprint density at radius 2 is 1.97 bits per heavy atom. The number of aliphatic hydroxyl groups is 2. The molecule has 178 valence electrons. The topological polar surface area (TPSA) is 76.0 Å². The Morgan fingerprint density at radius 1 is 1.22 bits per heavy atom. The van der Waals surface area contributed by atoms with E-state index in [1.807, 2.05) is 44.2 Å². The van der Waals surface area contributed by atoms with Gasteiger partial charge in [0.2, 0.25) is 0 Å². The summed E-state index contributed by atoms with van der Waals surface area (Å²) in [6.45, 7) is 3.71. The van der Waals surface area contributed by atoms with E-state index in [4.69, 9.17) is 9.47 Å². The third-order valence-electron chi connectivity index (χ3n) is 6.01. The van der Waals surface area contributed by atoms with E-state index in [0.29, 0.717) is 19.3 Å². The van der Waals surface area contributed by atoms with Crippen LogP contribution in [-0.4, -0.2) is 47.7 Å². The number of methoxy groups -OCH3 is 1. The van der Waals surface area contributed by atoms with Crippen molar-refractivity contribution in [3.8, 4) is 0 Å². The van der Waals surface area contributed by atoms with Gasteiger partial charge in [-0.05, 0) is 57.4 Å². The van der Waals surface area contributed by atoms with Crippen molar-refractivity contribution in [3.63, 3.8) is 0 Å². The molecular weight excluding hydrogens is 404 g/mol. The predicted molar refractivity (Wildman–Crippen MR) is 127 cm³/mol. The molecule has 0 amide bonds. The average Bonchev–Trinajstić information content (AvgIpc) is 3.07. The highest BCUT2D eigenvalue weighted by atomic mass is 16.5. The van der Waals surface area contributed by atoms with E-state index in [0.717, 1.165) is 25.7 Å². The standard InChI is InChI=1S/C27H40O5/c1-20(2)32-27(30)14-10-5-4-9-13-24-23(25(29)19-26(24)31-3)18-17-22(28)16-15-21-11-7-6-8-12-21/h4,6-9,11-12,17-18,20,22-26,28-29H,5,10,13-16,19H2,1-3H3/b9-4-,18-17+/t22-,23+,24+,25+,26-/m0/s1. The lowest BCUT2D eigenvalue weighted by atomic mass is 9.89. The molecule has 0 spiro atoms. The zero-order valence-electron chi connectivity index (χ0n) is 19.7. The molecule has 0 saturated heterocycles. The van der Waals surface area contributed by atoms with Crippen molar-refractivity contribution < 1.29 is 24.5 Å². The van der Waals surface area contributed by atoms with Crippen molar-refractivity contribution in [1.29, 1.82) is 0 Å². The smallest absolute Gasteiger partial charge is 0.306 e. The summed E-state index contributed by atoms with van der Waals surface area (Å²) in [4.78, 5) is 11.6. The number of ether oxygens (including phenoxy) is 2. The second kappa shape index (κ2) is 14.2. The highest BCUT2D eigenvalue weighted by Gasteiger charge is 2.40. The van der Waals surface area contributed by atoms with Crippen LogP contribution < -0.4 is 0 Å². The summed E-state index contributed by atoms with van der Waals surface area (Å²) in [6.07, 6.45) is 11.8. The van der Waals surface area contributed by atoms with Crippen LogP contribution >= 0.6 is 0 Å². The number of aliphatic hydroxyl groups excluding tert-OH is 2. The van der Waals surface area contributed by atoms with Gasteiger partial charge < -0.3 is 19.7 Å². The summed E-state index contributed by atoms with van der Waals surface area (Å²) in [6, 6.07) is 10.1. The minimum atomic E-state index is -0.536. The van der Waals surface area contributed by atoms with Crippen LogP contribution in [0.15, 0.2) is 54.6 Å². The van der Waals surface area contributed by atoms with Gasteiger partial charge in [-0.2, -0.15) is 0 Å².